The molecule has 13 nitrogen and oxygen atoms in total. The smallest absolute Gasteiger partial charge is 0.411 e. The highest BCUT2D eigenvalue weighted by atomic mass is 79.9. The van der Waals surface area contributed by atoms with Crippen LogP contribution in [0.25, 0.3) is 0 Å². The summed E-state index contributed by atoms with van der Waals surface area (Å²) in [6.07, 6.45) is -0.175. The normalized spacial score (nSPS) is 15.2. The number of esters is 1. The molecule has 0 radical (unpaired) electrons. The number of rotatable bonds is 4. The number of hydrogen-bond donors (Lipinski definition) is 2. The van der Waals surface area contributed by atoms with Crippen LogP contribution < -0.4 is 20.9 Å². The van der Waals surface area contributed by atoms with Crippen molar-refractivity contribution in [1.82, 2.24) is 4.90 Å². The lowest BCUT2D eigenvalue weighted by Crippen LogP contribution is -2.42. The Kier molecular flexibility index (Phi) is 19.0. The van der Waals surface area contributed by atoms with E-state index in [9.17, 15) is 28.8 Å². The van der Waals surface area contributed by atoms with Crippen LogP contribution in [-0.2, 0) is 28.7 Å². The van der Waals surface area contributed by atoms with Gasteiger partial charge >= 0.3 is 18.1 Å². The first-order valence-corrected chi connectivity index (χ1v) is 20.8. The Morgan fingerprint density at radius 3 is 1.32 bits per heavy atom. The fraction of sp³-hybridized carbons (Fsp3) is 0.455. The van der Waals surface area contributed by atoms with Crippen molar-refractivity contribution in [2.24, 2.45) is 11.1 Å². The van der Waals surface area contributed by atoms with Crippen LogP contribution in [0.3, 0.4) is 0 Å². The molecule has 330 valence electrons. The number of nitrogens with two attached hydrogens (primary N) is 1. The van der Waals surface area contributed by atoms with Gasteiger partial charge in [-0.3, -0.25) is 29.4 Å². The van der Waals surface area contributed by atoms with Crippen molar-refractivity contribution in [2.75, 3.05) is 36.4 Å². The number of carbonyl (C=O) groups excluding carboxylic acids is 6. The molecule has 0 aromatic heterocycles. The molecule has 2 saturated heterocycles. The fourth-order valence-electron chi connectivity index (χ4n) is 5.88. The summed E-state index contributed by atoms with van der Waals surface area (Å²) in [5.41, 5.74) is 11.3. The number of benzene rings is 3. The zero-order chi connectivity index (χ0) is 45.7. The second-order valence-electron chi connectivity index (χ2n) is 16.2. The molecule has 0 bridgehead atoms. The lowest BCUT2D eigenvalue weighted by atomic mass is 9.92. The Bertz CT molecular complexity index is 2080. The molecule has 0 atom stereocenters. The van der Waals surface area contributed by atoms with Gasteiger partial charge in [0.1, 0.15) is 11.1 Å². The molecule has 2 heterocycles. The lowest BCUT2D eigenvalue weighted by Gasteiger charge is -2.22. The third-order valence-corrected chi connectivity index (χ3v) is 13.4. The first-order valence-electron chi connectivity index (χ1n) is 18.5. The number of imide groups is 2. The second kappa shape index (κ2) is 21.1. The molecule has 2 fully saturated rings. The zero-order valence-corrected chi connectivity index (χ0v) is 41.2. The van der Waals surface area contributed by atoms with E-state index in [0.29, 0.717) is 11.4 Å². The van der Waals surface area contributed by atoms with Gasteiger partial charge < -0.3 is 20.1 Å². The topological polar surface area (TPSA) is 169 Å². The van der Waals surface area contributed by atoms with E-state index in [2.05, 4.69) is 62.6 Å². The highest BCUT2D eigenvalue weighted by Crippen LogP contribution is 2.37. The van der Waals surface area contributed by atoms with Crippen LogP contribution in [0.15, 0.2) is 49.8 Å². The maximum atomic E-state index is 12.4. The average Bonchev–Trinajstić information content (AvgIpc) is 3.44. The van der Waals surface area contributed by atoms with Crippen molar-refractivity contribution in [3.8, 4) is 0 Å². The number of urea groups is 1. The van der Waals surface area contributed by atoms with E-state index >= 15 is 0 Å². The minimum atomic E-state index is -0.852. The number of amides is 6. The van der Waals surface area contributed by atoms with Crippen LogP contribution in [-0.4, -0.2) is 73.1 Å². The summed E-state index contributed by atoms with van der Waals surface area (Å²) in [5, 5.41) is 2.62. The van der Waals surface area contributed by atoms with Crippen molar-refractivity contribution < 1.29 is 38.2 Å². The summed E-state index contributed by atoms with van der Waals surface area (Å²) in [5.74, 6) is -0.821. The SMILES string of the molecule is C.COC(=O)C(C)(C)N.COC(=O)Nc1cc(C)c(Br)c(C)c1.Cc1cc(N2C(=O)CC(C)(C)C2=O)cc(C)c1Br.Cc1cc(N2C(=O)N(C)C(C)(C)C2=O)cc(C)c1Br. The molecule has 60 heavy (non-hydrogen) atoms. The van der Waals surface area contributed by atoms with E-state index in [4.69, 9.17) is 5.73 Å². The fourth-order valence-corrected chi connectivity index (χ4v) is 6.57. The van der Waals surface area contributed by atoms with Crippen LogP contribution in [0, 0.1) is 47.0 Å². The monoisotopic (exact) mass is 1020 g/mol. The standard InChI is InChI=1S/C14H17BrN2O2.C14H16BrNO2.C10H12BrNO2.C5H11NO2.CH4/c1-8-6-10(7-9(2)11(8)15)17-12(18)14(3,4)16(5)13(17)19;1-8-5-10(6-9(2)12(8)15)16-11(17)7-14(3,4)13(16)18;1-6-4-8(12-10(13)14-3)5-7(2)9(6)11;1-5(2,6)4(7)8-3;/h6-7H,1-5H3;5-6H,7H2,1-4H3;4-5H,1-3H3,(H,12,13);6H2,1-3H3;1H4. The quantitative estimate of drug-likeness (QED) is 0.147. The van der Waals surface area contributed by atoms with Gasteiger partial charge in [0, 0.05) is 32.6 Å². The number of ether oxygens (including phenoxy) is 2. The van der Waals surface area contributed by atoms with E-state index < -0.39 is 28.6 Å². The number of likely N-dealkylation sites (N-methyl/N-ethyl adjacent to an activating group) is 1. The Hall–Kier alpha value is -4.12. The molecule has 0 saturated carbocycles. The summed E-state index contributed by atoms with van der Waals surface area (Å²) in [6, 6.07) is 10.9. The van der Waals surface area contributed by atoms with Gasteiger partial charge in [0.05, 0.1) is 31.0 Å². The van der Waals surface area contributed by atoms with Gasteiger partial charge in [-0.1, -0.05) is 69.1 Å². The van der Waals surface area contributed by atoms with Crippen LogP contribution in [0.1, 0.15) is 88.8 Å². The number of hydrogen-bond acceptors (Lipinski definition) is 9. The molecule has 0 spiro atoms. The van der Waals surface area contributed by atoms with Crippen molar-refractivity contribution in [2.45, 2.75) is 108 Å². The molecule has 0 aliphatic carbocycles. The van der Waals surface area contributed by atoms with E-state index in [-0.39, 0.29) is 37.6 Å². The van der Waals surface area contributed by atoms with Crippen LogP contribution in [0.4, 0.5) is 26.7 Å². The minimum Gasteiger partial charge on any atom is -0.468 e. The second-order valence-corrected chi connectivity index (χ2v) is 18.6. The maximum absolute atomic E-state index is 12.4. The summed E-state index contributed by atoms with van der Waals surface area (Å²) in [6.45, 7) is 22.1. The average molecular weight is 1030 g/mol. The van der Waals surface area contributed by atoms with E-state index in [1.807, 2.05) is 91.8 Å². The first kappa shape index (κ1) is 53.9. The molecule has 5 rings (SSSR count). The lowest BCUT2D eigenvalue weighted by molar-refractivity contribution is -0.145. The number of aryl methyl sites for hydroxylation is 6. The third kappa shape index (κ3) is 12.7. The predicted molar refractivity (Wildman–Crippen MR) is 250 cm³/mol. The van der Waals surface area contributed by atoms with Gasteiger partial charge in [-0.2, -0.15) is 0 Å². The number of anilines is 3. The Morgan fingerprint density at radius 2 is 1.05 bits per heavy atom. The van der Waals surface area contributed by atoms with E-state index in [1.165, 1.54) is 28.9 Å². The number of carbonyl (C=O) groups is 6. The van der Waals surface area contributed by atoms with Gasteiger partial charge in [-0.25, -0.2) is 14.5 Å². The third-order valence-electron chi connectivity index (χ3n) is 9.61. The van der Waals surface area contributed by atoms with Gasteiger partial charge in [-0.05, 0) is 139 Å². The maximum Gasteiger partial charge on any atom is 0.411 e. The van der Waals surface area contributed by atoms with Gasteiger partial charge in [-0.15, -0.1) is 0 Å². The van der Waals surface area contributed by atoms with E-state index in [0.717, 1.165) is 52.5 Å². The number of halogens is 3. The van der Waals surface area contributed by atoms with Crippen molar-refractivity contribution in [1.29, 1.82) is 0 Å². The highest BCUT2D eigenvalue weighted by molar-refractivity contribution is 9.11. The molecule has 6 amide bonds. The van der Waals surface area contributed by atoms with Crippen molar-refractivity contribution >= 4 is 101 Å². The van der Waals surface area contributed by atoms with Crippen molar-refractivity contribution in [3.63, 3.8) is 0 Å². The molecule has 2 aliphatic rings. The summed E-state index contributed by atoms with van der Waals surface area (Å²) >= 11 is 10.4. The molecule has 2 aliphatic heterocycles. The van der Waals surface area contributed by atoms with E-state index in [1.54, 1.807) is 34.7 Å². The van der Waals surface area contributed by atoms with Gasteiger partial charge in [0.2, 0.25) is 11.8 Å². The van der Waals surface area contributed by atoms with Gasteiger partial charge in [0.25, 0.3) is 5.91 Å². The predicted octanol–water partition coefficient (Wildman–Crippen LogP) is 10.4. The highest BCUT2D eigenvalue weighted by Gasteiger charge is 2.50. The summed E-state index contributed by atoms with van der Waals surface area (Å²) in [4.78, 5) is 74.4. The first-order chi connectivity index (χ1) is 26.9. The Morgan fingerprint density at radius 1 is 0.683 bits per heavy atom. The number of methoxy groups -OCH3 is 2. The molecule has 0 unspecified atom stereocenters. The molecular weight excluding hydrogens is 966 g/mol. The van der Waals surface area contributed by atoms with Crippen LogP contribution in [0.5, 0.6) is 0 Å². The number of nitrogens with one attached hydrogen (secondary N) is 1. The van der Waals surface area contributed by atoms with Crippen molar-refractivity contribution in [3.05, 3.63) is 83.2 Å². The van der Waals surface area contributed by atoms with Crippen LogP contribution in [0.2, 0.25) is 0 Å². The molecule has 3 aromatic rings. The summed E-state index contributed by atoms with van der Waals surface area (Å²) in [7, 11) is 4.31. The minimum absolute atomic E-state index is 0. The molecule has 16 heteroatoms. The molecular formula is C44H60Br3N5O8. The zero-order valence-electron chi connectivity index (χ0n) is 36.5. The van der Waals surface area contributed by atoms with Gasteiger partial charge in [0.15, 0.2) is 0 Å². The largest absolute Gasteiger partial charge is 0.468 e. The number of nitrogens with zero attached hydrogens (tertiary/aromatic N) is 3. The van der Waals surface area contributed by atoms with Crippen LogP contribution >= 0.6 is 47.8 Å². The molecule has 3 N–H and O–H groups in total. The summed E-state index contributed by atoms with van der Waals surface area (Å²) < 4.78 is 11.9. The Balaban J connectivity index is 0.000000414. The molecule has 3 aromatic carbocycles. The Labute approximate surface area is 380 Å².